The maximum atomic E-state index is 11.0. The Morgan fingerprint density at radius 1 is 1.41 bits per heavy atom. The minimum absolute atomic E-state index is 0.0863. The van der Waals surface area contributed by atoms with Gasteiger partial charge in [0.15, 0.2) is 0 Å². The highest BCUT2D eigenvalue weighted by molar-refractivity contribution is 7.85. The number of rotatable bonds is 2. The van der Waals surface area contributed by atoms with E-state index in [1.54, 1.807) is 6.92 Å². The molecule has 8 heteroatoms. The molecule has 0 saturated heterocycles. The van der Waals surface area contributed by atoms with Crippen molar-refractivity contribution >= 4 is 27.6 Å². The molecule has 0 aliphatic rings. The van der Waals surface area contributed by atoms with Crippen LogP contribution in [-0.2, 0) is 10.1 Å². The van der Waals surface area contributed by atoms with E-state index in [4.69, 9.17) is 15.4 Å². The van der Waals surface area contributed by atoms with Crippen LogP contribution in [-0.4, -0.2) is 31.2 Å². The molecule has 0 radical (unpaired) electrons. The van der Waals surface area contributed by atoms with E-state index < -0.39 is 21.1 Å². The SMILES string of the molecule is Cc1c(N)cc(S(=O)(=O)O)cc1N(C)C(=O)O. The number of hydrogen-bond donors (Lipinski definition) is 3. The summed E-state index contributed by atoms with van der Waals surface area (Å²) in [5.74, 6) is 0. The van der Waals surface area contributed by atoms with E-state index in [2.05, 4.69) is 0 Å². The number of carbonyl (C=O) groups is 1. The molecule has 0 bridgehead atoms. The van der Waals surface area contributed by atoms with Crippen molar-refractivity contribution in [1.82, 2.24) is 0 Å². The molecule has 0 saturated carbocycles. The summed E-state index contributed by atoms with van der Waals surface area (Å²) in [6.45, 7) is 1.55. The molecule has 1 aromatic carbocycles. The Kier molecular flexibility index (Phi) is 3.30. The molecule has 4 N–H and O–H groups in total. The summed E-state index contributed by atoms with van der Waals surface area (Å²) in [6, 6.07) is 2.12. The van der Waals surface area contributed by atoms with E-state index >= 15 is 0 Å². The van der Waals surface area contributed by atoms with E-state index in [1.165, 1.54) is 7.05 Å². The van der Waals surface area contributed by atoms with E-state index in [0.29, 0.717) is 5.56 Å². The summed E-state index contributed by atoms with van der Waals surface area (Å²) in [4.78, 5) is 11.2. The van der Waals surface area contributed by atoms with Gasteiger partial charge in [-0.2, -0.15) is 8.42 Å². The average Bonchev–Trinajstić information content (AvgIpc) is 2.19. The predicted octanol–water partition coefficient (Wildman–Crippen LogP) is 0.938. The van der Waals surface area contributed by atoms with Crippen LogP contribution in [0.4, 0.5) is 16.2 Å². The van der Waals surface area contributed by atoms with Gasteiger partial charge >= 0.3 is 6.09 Å². The van der Waals surface area contributed by atoms with Crippen molar-refractivity contribution in [2.75, 3.05) is 17.7 Å². The van der Waals surface area contributed by atoms with Gasteiger partial charge in [-0.3, -0.25) is 9.45 Å². The van der Waals surface area contributed by atoms with E-state index in [-0.39, 0.29) is 11.4 Å². The molecule has 0 heterocycles. The molecule has 0 unspecified atom stereocenters. The van der Waals surface area contributed by atoms with Crippen molar-refractivity contribution in [3.8, 4) is 0 Å². The highest BCUT2D eigenvalue weighted by atomic mass is 32.2. The molecule has 0 fully saturated rings. The second kappa shape index (κ2) is 4.22. The first-order valence-electron chi connectivity index (χ1n) is 4.49. The second-order valence-corrected chi connectivity index (χ2v) is 4.89. The third kappa shape index (κ3) is 2.66. The maximum absolute atomic E-state index is 11.0. The topological polar surface area (TPSA) is 121 Å². The monoisotopic (exact) mass is 260 g/mol. The highest BCUT2D eigenvalue weighted by Crippen LogP contribution is 2.28. The number of nitrogens with zero attached hydrogens (tertiary/aromatic N) is 1. The molecule has 1 amide bonds. The third-order valence-electron chi connectivity index (χ3n) is 2.34. The lowest BCUT2D eigenvalue weighted by atomic mass is 10.1. The fraction of sp³-hybridized carbons (Fsp3) is 0.222. The molecule has 0 atom stereocenters. The first kappa shape index (κ1) is 13.3. The lowest BCUT2D eigenvalue weighted by Crippen LogP contribution is -2.25. The van der Waals surface area contributed by atoms with Crippen LogP contribution in [0, 0.1) is 6.92 Å². The second-order valence-electron chi connectivity index (χ2n) is 3.47. The zero-order chi connectivity index (χ0) is 13.4. The van der Waals surface area contributed by atoms with Crippen LogP contribution in [0.1, 0.15) is 5.56 Å². The molecular formula is C9H12N2O5S. The molecule has 0 aliphatic carbocycles. The van der Waals surface area contributed by atoms with Gasteiger partial charge in [0.05, 0.1) is 10.6 Å². The Hall–Kier alpha value is -1.80. The Morgan fingerprint density at radius 2 is 1.94 bits per heavy atom. The van der Waals surface area contributed by atoms with Crippen LogP contribution in [0.2, 0.25) is 0 Å². The van der Waals surface area contributed by atoms with Gasteiger partial charge in [-0.05, 0) is 24.6 Å². The van der Waals surface area contributed by atoms with Crippen molar-refractivity contribution in [2.45, 2.75) is 11.8 Å². The fourth-order valence-electron chi connectivity index (χ4n) is 1.29. The quantitative estimate of drug-likeness (QED) is 0.537. The summed E-state index contributed by atoms with van der Waals surface area (Å²) in [5, 5.41) is 8.82. The first-order valence-corrected chi connectivity index (χ1v) is 5.93. The Labute approximate surface area is 98.2 Å². The molecule has 0 aliphatic heterocycles. The third-order valence-corrected chi connectivity index (χ3v) is 3.17. The standard InChI is InChI=1S/C9H12N2O5S/c1-5-7(10)3-6(17(14,15)16)4-8(5)11(2)9(12)13/h3-4H,10H2,1-2H3,(H,12,13)(H,14,15,16). The molecule has 1 aromatic rings. The molecule has 1 rings (SSSR count). The number of nitrogen functional groups attached to an aromatic ring is 1. The smallest absolute Gasteiger partial charge is 0.411 e. The molecule has 7 nitrogen and oxygen atoms in total. The lowest BCUT2D eigenvalue weighted by molar-refractivity contribution is 0.203. The van der Waals surface area contributed by atoms with Gasteiger partial charge in [0.1, 0.15) is 0 Å². The van der Waals surface area contributed by atoms with E-state index in [0.717, 1.165) is 17.0 Å². The Morgan fingerprint density at radius 3 is 2.35 bits per heavy atom. The number of carboxylic acid groups (broad SMARTS) is 1. The van der Waals surface area contributed by atoms with Crippen LogP contribution in [0.15, 0.2) is 17.0 Å². The average molecular weight is 260 g/mol. The van der Waals surface area contributed by atoms with Crippen LogP contribution in [0.25, 0.3) is 0 Å². The Balaban J connectivity index is 3.51. The zero-order valence-corrected chi connectivity index (χ0v) is 10.0. The van der Waals surface area contributed by atoms with Crippen LogP contribution in [0.5, 0.6) is 0 Å². The molecule has 17 heavy (non-hydrogen) atoms. The minimum Gasteiger partial charge on any atom is -0.465 e. The van der Waals surface area contributed by atoms with Crippen LogP contribution >= 0.6 is 0 Å². The number of hydrogen-bond acceptors (Lipinski definition) is 4. The summed E-state index contributed by atoms with van der Waals surface area (Å²) in [6.07, 6.45) is -1.26. The normalized spacial score (nSPS) is 11.2. The fourth-order valence-corrected chi connectivity index (χ4v) is 1.83. The van der Waals surface area contributed by atoms with Gasteiger partial charge in [0.2, 0.25) is 0 Å². The van der Waals surface area contributed by atoms with Gasteiger partial charge in [0, 0.05) is 12.7 Å². The van der Waals surface area contributed by atoms with Gasteiger partial charge in [-0.15, -0.1) is 0 Å². The maximum Gasteiger partial charge on any atom is 0.411 e. The number of benzene rings is 1. The highest BCUT2D eigenvalue weighted by Gasteiger charge is 2.18. The minimum atomic E-state index is -4.42. The number of amides is 1. The van der Waals surface area contributed by atoms with Gasteiger partial charge in [0.25, 0.3) is 10.1 Å². The molecule has 0 spiro atoms. The van der Waals surface area contributed by atoms with E-state index in [1.807, 2.05) is 0 Å². The Bertz CT molecular complexity index is 567. The van der Waals surface area contributed by atoms with Crippen LogP contribution < -0.4 is 10.6 Å². The predicted molar refractivity (Wildman–Crippen MR) is 61.8 cm³/mol. The van der Waals surface area contributed by atoms with Crippen molar-refractivity contribution in [3.63, 3.8) is 0 Å². The van der Waals surface area contributed by atoms with Crippen molar-refractivity contribution in [3.05, 3.63) is 17.7 Å². The van der Waals surface area contributed by atoms with E-state index in [9.17, 15) is 13.2 Å². The summed E-state index contributed by atoms with van der Waals surface area (Å²) < 4.78 is 30.9. The summed E-state index contributed by atoms with van der Waals surface area (Å²) in [7, 11) is -3.18. The number of nitrogens with two attached hydrogens (primary N) is 1. The largest absolute Gasteiger partial charge is 0.465 e. The van der Waals surface area contributed by atoms with Crippen LogP contribution in [0.3, 0.4) is 0 Å². The first-order chi connectivity index (χ1) is 7.64. The van der Waals surface area contributed by atoms with Gasteiger partial charge in [-0.1, -0.05) is 0 Å². The van der Waals surface area contributed by atoms with Gasteiger partial charge in [-0.25, -0.2) is 4.79 Å². The molecule has 94 valence electrons. The summed E-state index contributed by atoms with van der Waals surface area (Å²) >= 11 is 0. The van der Waals surface area contributed by atoms with Crippen molar-refractivity contribution in [2.24, 2.45) is 0 Å². The van der Waals surface area contributed by atoms with Crippen molar-refractivity contribution in [1.29, 1.82) is 0 Å². The zero-order valence-electron chi connectivity index (χ0n) is 9.21. The summed E-state index contributed by atoms with van der Waals surface area (Å²) in [5.41, 5.74) is 6.17. The van der Waals surface area contributed by atoms with Crippen molar-refractivity contribution < 1.29 is 22.9 Å². The lowest BCUT2D eigenvalue weighted by Gasteiger charge is -2.18. The van der Waals surface area contributed by atoms with Gasteiger partial charge < -0.3 is 10.8 Å². The number of anilines is 2. The molecular weight excluding hydrogens is 248 g/mol. The molecule has 0 aromatic heterocycles.